The van der Waals surface area contributed by atoms with Crippen molar-refractivity contribution in [1.82, 2.24) is 4.90 Å². The van der Waals surface area contributed by atoms with Crippen LogP contribution in [-0.4, -0.2) is 47.1 Å². The summed E-state index contributed by atoms with van der Waals surface area (Å²) in [6, 6.07) is 18.3. The second kappa shape index (κ2) is 13.2. The number of rotatable bonds is 11. The fourth-order valence-electron chi connectivity index (χ4n) is 4.24. The zero-order valence-corrected chi connectivity index (χ0v) is 23.1. The molecule has 0 radical (unpaired) electrons. The number of halogens is 1. The fourth-order valence-corrected chi connectivity index (χ4v) is 4.63. The number of hydrogen-bond acceptors (Lipinski definition) is 6. The Hall–Kier alpha value is -4.31. The minimum atomic E-state index is -0.894. The number of anilines is 2. The number of carbonyl (C=O) groups excluding carboxylic acids is 3. The topological polar surface area (TPSA) is 88.2 Å². The van der Waals surface area contributed by atoms with Crippen molar-refractivity contribution in [2.45, 2.75) is 39.3 Å². The minimum absolute atomic E-state index is 0.161. The summed E-state index contributed by atoms with van der Waals surface area (Å²) in [7, 11) is 0. The molecule has 8 nitrogen and oxygen atoms in total. The molecule has 10 heteroatoms. The van der Waals surface area contributed by atoms with Crippen LogP contribution < -0.4 is 15.0 Å². The Morgan fingerprint density at radius 2 is 1.65 bits per heavy atom. The van der Waals surface area contributed by atoms with E-state index in [9.17, 15) is 18.8 Å². The van der Waals surface area contributed by atoms with Gasteiger partial charge in [0.25, 0.3) is 5.91 Å². The van der Waals surface area contributed by atoms with E-state index < -0.39 is 12.0 Å². The number of thiocarbonyl (C=S) groups is 1. The average Bonchev–Trinajstić information content (AvgIpc) is 3.17. The zero-order chi connectivity index (χ0) is 28.6. The van der Waals surface area contributed by atoms with Gasteiger partial charge in [-0.25, -0.2) is 9.18 Å². The lowest BCUT2D eigenvalue weighted by Gasteiger charge is -2.24. The third kappa shape index (κ3) is 6.81. The highest BCUT2D eigenvalue weighted by molar-refractivity contribution is 7.80. The van der Waals surface area contributed by atoms with Gasteiger partial charge in [-0.15, -0.1) is 0 Å². The summed E-state index contributed by atoms with van der Waals surface area (Å²) in [6.45, 7) is 4.78. The van der Waals surface area contributed by atoms with Gasteiger partial charge in [-0.3, -0.25) is 14.5 Å². The van der Waals surface area contributed by atoms with Crippen LogP contribution in [0.1, 0.15) is 42.6 Å². The first-order chi connectivity index (χ1) is 19.3. The maximum atomic E-state index is 13.7. The molecule has 0 spiro atoms. The molecule has 0 saturated carbocycles. The molecule has 0 bridgehead atoms. The maximum absolute atomic E-state index is 13.7. The standard InChI is InChI=1S/C30H30FN3O5S/c1-3-17-39-25-15-11-23(12-16-25)32-27(35)18-26-28(36)34(24-13-7-21(8-14-24)29(37)38-4-2)30(40)33(26)19-20-5-9-22(31)10-6-20/h5-16,26H,3-4,17-19H2,1-2H3,(H,32,35). The third-order valence-corrected chi connectivity index (χ3v) is 6.63. The Bertz CT molecular complexity index is 1360. The van der Waals surface area contributed by atoms with Gasteiger partial charge in [0.05, 0.1) is 30.9 Å². The summed E-state index contributed by atoms with van der Waals surface area (Å²) >= 11 is 5.70. The molecule has 1 N–H and O–H groups in total. The van der Waals surface area contributed by atoms with E-state index in [0.717, 1.165) is 12.0 Å². The number of hydrogen-bond donors (Lipinski definition) is 1. The molecule has 0 aliphatic carbocycles. The lowest BCUT2D eigenvalue weighted by molar-refractivity contribution is -0.124. The van der Waals surface area contributed by atoms with E-state index in [1.807, 2.05) is 6.92 Å². The highest BCUT2D eigenvalue weighted by Gasteiger charge is 2.44. The van der Waals surface area contributed by atoms with Crippen molar-refractivity contribution in [3.8, 4) is 5.75 Å². The van der Waals surface area contributed by atoms with Gasteiger partial charge in [-0.2, -0.15) is 0 Å². The predicted molar refractivity (Wildman–Crippen MR) is 154 cm³/mol. The van der Waals surface area contributed by atoms with Crippen LogP contribution in [0.15, 0.2) is 72.8 Å². The summed E-state index contributed by atoms with van der Waals surface area (Å²) < 4.78 is 24.1. The van der Waals surface area contributed by atoms with E-state index in [4.69, 9.17) is 21.7 Å². The smallest absolute Gasteiger partial charge is 0.338 e. The molecule has 1 saturated heterocycles. The normalized spacial score (nSPS) is 14.8. The van der Waals surface area contributed by atoms with Crippen LogP contribution in [0, 0.1) is 5.82 Å². The van der Waals surface area contributed by atoms with Crippen molar-refractivity contribution < 1.29 is 28.2 Å². The molecule has 2 amide bonds. The first-order valence-corrected chi connectivity index (χ1v) is 13.4. The highest BCUT2D eigenvalue weighted by Crippen LogP contribution is 2.29. The molecule has 1 unspecified atom stereocenters. The van der Waals surface area contributed by atoms with Crippen molar-refractivity contribution in [3.63, 3.8) is 0 Å². The number of benzene rings is 3. The number of ether oxygens (including phenoxy) is 2. The van der Waals surface area contributed by atoms with Crippen LogP contribution in [0.4, 0.5) is 15.8 Å². The van der Waals surface area contributed by atoms with Crippen LogP contribution in [-0.2, 0) is 20.9 Å². The molecular formula is C30H30FN3O5S. The highest BCUT2D eigenvalue weighted by atomic mass is 32.1. The number of nitrogens with one attached hydrogen (secondary N) is 1. The summed E-state index contributed by atoms with van der Waals surface area (Å²) in [6.07, 6.45) is 0.725. The van der Waals surface area contributed by atoms with Gasteiger partial charge < -0.3 is 19.7 Å². The molecular weight excluding hydrogens is 533 g/mol. The first kappa shape index (κ1) is 28.7. The van der Waals surface area contributed by atoms with Gasteiger partial charge in [0.1, 0.15) is 17.6 Å². The molecule has 0 aromatic heterocycles. The Kier molecular flexibility index (Phi) is 9.44. The monoisotopic (exact) mass is 563 g/mol. The molecule has 208 valence electrons. The number of carbonyl (C=O) groups is 3. The van der Waals surface area contributed by atoms with Crippen LogP contribution in [0.5, 0.6) is 5.75 Å². The van der Waals surface area contributed by atoms with E-state index in [1.54, 1.807) is 72.5 Å². The van der Waals surface area contributed by atoms with E-state index in [2.05, 4.69) is 5.32 Å². The van der Waals surface area contributed by atoms with Crippen molar-refractivity contribution in [2.75, 3.05) is 23.4 Å². The van der Waals surface area contributed by atoms with Crippen molar-refractivity contribution in [1.29, 1.82) is 0 Å². The van der Waals surface area contributed by atoms with E-state index in [-0.39, 0.29) is 42.3 Å². The largest absolute Gasteiger partial charge is 0.494 e. The summed E-state index contributed by atoms with van der Waals surface area (Å²) in [4.78, 5) is 41.8. The molecule has 3 aromatic rings. The second-order valence-corrected chi connectivity index (χ2v) is 9.48. The van der Waals surface area contributed by atoms with Crippen molar-refractivity contribution in [3.05, 3.63) is 89.7 Å². The number of amides is 2. The van der Waals surface area contributed by atoms with Gasteiger partial charge in [0.15, 0.2) is 5.11 Å². The van der Waals surface area contributed by atoms with Crippen molar-refractivity contribution >= 4 is 46.5 Å². The first-order valence-electron chi connectivity index (χ1n) is 13.0. The average molecular weight is 564 g/mol. The Balaban J connectivity index is 1.54. The van der Waals surface area contributed by atoms with Crippen LogP contribution in [0.2, 0.25) is 0 Å². The molecule has 40 heavy (non-hydrogen) atoms. The maximum Gasteiger partial charge on any atom is 0.338 e. The second-order valence-electron chi connectivity index (χ2n) is 9.12. The quantitative estimate of drug-likeness (QED) is 0.250. The minimum Gasteiger partial charge on any atom is -0.494 e. The SMILES string of the molecule is CCCOc1ccc(NC(=O)CC2C(=O)N(c3ccc(C(=O)OCC)cc3)C(=S)N2Cc2ccc(F)cc2)cc1. The van der Waals surface area contributed by atoms with Gasteiger partial charge in [0, 0.05) is 12.2 Å². The molecule has 1 atom stereocenters. The molecule has 1 fully saturated rings. The van der Waals surface area contributed by atoms with Gasteiger partial charge in [0.2, 0.25) is 5.91 Å². The predicted octanol–water partition coefficient (Wildman–Crippen LogP) is 5.32. The number of esters is 1. The zero-order valence-electron chi connectivity index (χ0n) is 22.3. The van der Waals surface area contributed by atoms with Gasteiger partial charge in [-0.1, -0.05) is 19.1 Å². The lowest BCUT2D eigenvalue weighted by Crippen LogP contribution is -2.37. The summed E-state index contributed by atoms with van der Waals surface area (Å²) in [5.74, 6) is -0.899. The Morgan fingerprint density at radius 1 is 0.975 bits per heavy atom. The molecule has 3 aromatic carbocycles. The van der Waals surface area contributed by atoms with Crippen LogP contribution in [0.25, 0.3) is 0 Å². The fraction of sp³-hybridized carbons (Fsp3) is 0.267. The van der Waals surface area contributed by atoms with E-state index in [1.165, 1.54) is 17.0 Å². The van der Waals surface area contributed by atoms with Crippen molar-refractivity contribution in [2.24, 2.45) is 0 Å². The summed E-state index contributed by atoms with van der Waals surface area (Å²) in [5, 5.41) is 3.03. The molecule has 1 aliphatic heterocycles. The molecule has 4 rings (SSSR count). The summed E-state index contributed by atoms with van der Waals surface area (Å²) in [5.41, 5.74) is 2.09. The third-order valence-electron chi connectivity index (χ3n) is 6.21. The van der Waals surface area contributed by atoms with Crippen LogP contribution >= 0.6 is 12.2 Å². The molecule has 1 heterocycles. The van der Waals surface area contributed by atoms with Crippen LogP contribution in [0.3, 0.4) is 0 Å². The van der Waals surface area contributed by atoms with E-state index >= 15 is 0 Å². The molecule has 1 aliphatic rings. The lowest BCUT2D eigenvalue weighted by atomic mass is 10.1. The van der Waals surface area contributed by atoms with E-state index in [0.29, 0.717) is 29.3 Å². The Morgan fingerprint density at radius 3 is 2.27 bits per heavy atom. The van der Waals surface area contributed by atoms with Gasteiger partial charge >= 0.3 is 5.97 Å². The Labute approximate surface area is 237 Å². The van der Waals surface area contributed by atoms with Gasteiger partial charge in [-0.05, 0) is 91.8 Å². The number of nitrogens with zero attached hydrogens (tertiary/aromatic N) is 2.